The van der Waals surface area contributed by atoms with Gasteiger partial charge in [-0.05, 0) is 80.7 Å². The van der Waals surface area contributed by atoms with Gasteiger partial charge in [-0.2, -0.15) is 0 Å². The quantitative estimate of drug-likeness (QED) is 0.815. The third-order valence-corrected chi connectivity index (χ3v) is 6.52. The molecule has 2 aliphatic carbocycles. The number of aliphatic hydroxyl groups is 1. The molecule has 1 N–H and O–H groups in total. The maximum atomic E-state index is 13.4. The van der Waals surface area contributed by atoms with Crippen molar-refractivity contribution in [2.75, 3.05) is 0 Å². The van der Waals surface area contributed by atoms with Crippen molar-refractivity contribution in [2.24, 2.45) is 5.92 Å². The number of fused-ring (bicyclic) bond motifs is 2. The minimum atomic E-state index is -0.919. The smallest absolute Gasteiger partial charge is 0.258 e. The Kier molecular flexibility index (Phi) is 4.39. The molecule has 0 saturated heterocycles. The molecule has 1 aromatic carbocycles. The van der Waals surface area contributed by atoms with Gasteiger partial charge in [0.2, 0.25) is 0 Å². The number of aromatic nitrogens is 1. The van der Waals surface area contributed by atoms with Crippen molar-refractivity contribution < 1.29 is 14.6 Å². The zero-order valence-corrected chi connectivity index (χ0v) is 17.1. The number of amides is 1. The summed E-state index contributed by atoms with van der Waals surface area (Å²) in [7, 11) is 0. The molecule has 1 aliphatic heterocycles. The molecule has 2 aromatic rings. The normalized spacial score (nSPS) is 19.3. The second kappa shape index (κ2) is 6.84. The molecule has 1 amide bonds. The largest absolute Gasteiger partial charge is 0.488 e. The number of hydrogen-bond acceptors (Lipinski definition) is 4. The maximum absolute atomic E-state index is 13.4. The molecule has 29 heavy (non-hydrogen) atoms. The van der Waals surface area contributed by atoms with Crippen LogP contribution in [0.25, 0.3) is 0 Å². The van der Waals surface area contributed by atoms with E-state index in [-0.39, 0.29) is 11.9 Å². The van der Waals surface area contributed by atoms with Gasteiger partial charge in [0, 0.05) is 18.4 Å². The predicted molar refractivity (Wildman–Crippen MR) is 110 cm³/mol. The van der Waals surface area contributed by atoms with E-state index in [1.807, 2.05) is 49.2 Å². The van der Waals surface area contributed by atoms with E-state index < -0.39 is 5.60 Å². The number of carbonyl (C=O) groups is 1. The Morgan fingerprint density at radius 3 is 2.86 bits per heavy atom. The molecule has 1 unspecified atom stereocenters. The second-order valence-corrected chi connectivity index (χ2v) is 9.20. The van der Waals surface area contributed by atoms with E-state index in [0.717, 1.165) is 37.7 Å². The molecule has 0 bridgehead atoms. The van der Waals surface area contributed by atoms with Crippen LogP contribution in [-0.2, 0) is 26.0 Å². The monoisotopic (exact) mass is 392 g/mol. The summed E-state index contributed by atoms with van der Waals surface area (Å²) in [6.45, 7) is 4.62. The summed E-state index contributed by atoms with van der Waals surface area (Å²) in [5.74, 6) is 1.01. The summed E-state index contributed by atoms with van der Waals surface area (Å²) in [6.07, 6.45) is 7.24. The highest BCUT2D eigenvalue weighted by Crippen LogP contribution is 2.44. The van der Waals surface area contributed by atoms with E-state index in [0.29, 0.717) is 30.4 Å². The zero-order chi connectivity index (χ0) is 20.2. The Bertz CT molecular complexity index is 959. The van der Waals surface area contributed by atoms with E-state index in [9.17, 15) is 9.90 Å². The van der Waals surface area contributed by atoms with Crippen LogP contribution in [0.15, 0.2) is 30.5 Å². The molecule has 5 nitrogen and oxygen atoms in total. The fourth-order valence-corrected chi connectivity index (χ4v) is 5.14. The third kappa shape index (κ3) is 3.31. The van der Waals surface area contributed by atoms with Crippen molar-refractivity contribution in [2.45, 2.75) is 70.7 Å². The molecule has 1 aromatic heterocycles. The molecule has 1 atom stereocenters. The van der Waals surface area contributed by atoms with Gasteiger partial charge in [-0.3, -0.25) is 9.78 Å². The Labute approximate surface area is 171 Å². The first-order valence-electron chi connectivity index (χ1n) is 10.7. The van der Waals surface area contributed by atoms with Gasteiger partial charge in [0.15, 0.2) is 0 Å². The lowest BCUT2D eigenvalue weighted by molar-refractivity contribution is -0.0224. The summed E-state index contributed by atoms with van der Waals surface area (Å²) in [5.41, 5.74) is 4.39. The van der Waals surface area contributed by atoms with Gasteiger partial charge in [-0.1, -0.05) is 12.1 Å². The van der Waals surface area contributed by atoms with Crippen LogP contribution in [-0.4, -0.2) is 32.5 Å². The number of ether oxygens (including phenoxy) is 1. The summed E-state index contributed by atoms with van der Waals surface area (Å²) < 4.78 is 6.18. The predicted octanol–water partition coefficient (Wildman–Crippen LogP) is 3.65. The lowest BCUT2D eigenvalue weighted by Crippen LogP contribution is -2.51. The standard InChI is InChI=1S/C24H28N2O3/c1-24(2,28)22(15-9-10-15)26-13-16-5-3-8-20(21(16)23(26)27)29-14-17-11-12-25-19-7-4-6-18(17)19/h3,5,8,11-12,15,22,28H,4,6-7,9-10,13-14H2,1-2H3. The van der Waals surface area contributed by atoms with Crippen LogP contribution in [0.4, 0.5) is 0 Å². The highest BCUT2D eigenvalue weighted by Gasteiger charge is 2.48. The number of rotatable bonds is 6. The van der Waals surface area contributed by atoms with Gasteiger partial charge in [0.05, 0.1) is 17.2 Å². The molecule has 2 heterocycles. The van der Waals surface area contributed by atoms with Crippen molar-refractivity contribution in [1.82, 2.24) is 9.88 Å². The van der Waals surface area contributed by atoms with Crippen molar-refractivity contribution in [3.63, 3.8) is 0 Å². The van der Waals surface area contributed by atoms with Crippen LogP contribution < -0.4 is 4.74 Å². The molecule has 0 spiro atoms. The van der Waals surface area contributed by atoms with Crippen LogP contribution in [0.2, 0.25) is 0 Å². The molecule has 1 saturated carbocycles. The van der Waals surface area contributed by atoms with Crippen molar-refractivity contribution in [1.29, 1.82) is 0 Å². The van der Waals surface area contributed by atoms with E-state index in [4.69, 9.17) is 4.74 Å². The molecule has 3 aliphatic rings. The van der Waals surface area contributed by atoms with E-state index in [2.05, 4.69) is 4.98 Å². The number of aryl methyl sites for hydroxylation is 1. The first-order chi connectivity index (χ1) is 13.9. The summed E-state index contributed by atoms with van der Waals surface area (Å²) in [6, 6.07) is 7.71. The Balaban J connectivity index is 1.40. The van der Waals surface area contributed by atoms with Crippen LogP contribution >= 0.6 is 0 Å². The van der Waals surface area contributed by atoms with Crippen molar-refractivity contribution >= 4 is 5.91 Å². The topological polar surface area (TPSA) is 62.7 Å². The number of hydrogen-bond donors (Lipinski definition) is 1. The summed E-state index contributed by atoms with van der Waals surface area (Å²) in [4.78, 5) is 19.7. The van der Waals surface area contributed by atoms with Crippen molar-refractivity contribution in [3.8, 4) is 5.75 Å². The van der Waals surface area contributed by atoms with Crippen molar-refractivity contribution in [3.05, 3.63) is 58.4 Å². The molecule has 1 fully saturated rings. The number of nitrogens with zero attached hydrogens (tertiary/aromatic N) is 2. The zero-order valence-electron chi connectivity index (χ0n) is 17.1. The van der Waals surface area contributed by atoms with E-state index >= 15 is 0 Å². The van der Waals surface area contributed by atoms with Gasteiger partial charge < -0.3 is 14.7 Å². The highest BCUT2D eigenvalue weighted by atomic mass is 16.5. The minimum Gasteiger partial charge on any atom is -0.488 e. The number of carbonyl (C=O) groups excluding carboxylic acids is 1. The Morgan fingerprint density at radius 1 is 1.28 bits per heavy atom. The molecular formula is C24H28N2O3. The Morgan fingerprint density at radius 2 is 2.10 bits per heavy atom. The highest BCUT2D eigenvalue weighted by molar-refractivity contribution is 6.01. The van der Waals surface area contributed by atoms with E-state index in [1.54, 1.807) is 0 Å². The number of pyridine rings is 1. The fourth-order valence-electron chi connectivity index (χ4n) is 5.14. The van der Waals surface area contributed by atoms with Crippen LogP contribution in [0.3, 0.4) is 0 Å². The van der Waals surface area contributed by atoms with E-state index in [1.165, 1.54) is 16.8 Å². The molecule has 152 valence electrons. The van der Waals surface area contributed by atoms with Crippen LogP contribution in [0.5, 0.6) is 5.75 Å². The first kappa shape index (κ1) is 18.6. The van der Waals surface area contributed by atoms with Gasteiger partial charge in [-0.15, -0.1) is 0 Å². The van der Waals surface area contributed by atoms with Gasteiger partial charge in [-0.25, -0.2) is 0 Å². The van der Waals surface area contributed by atoms with Crippen LogP contribution in [0.1, 0.15) is 65.9 Å². The third-order valence-electron chi connectivity index (χ3n) is 6.52. The maximum Gasteiger partial charge on any atom is 0.258 e. The fraction of sp³-hybridized carbons (Fsp3) is 0.500. The average molecular weight is 392 g/mol. The second-order valence-electron chi connectivity index (χ2n) is 9.20. The lowest BCUT2D eigenvalue weighted by atomic mass is 9.93. The molecule has 5 heteroatoms. The molecular weight excluding hydrogens is 364 g/mol. The Hall–Kier alpha value is -2.40. The average Bonchev–Trinajstić information content (AvgIpc) is 3.27. The summed E-state index contributed by atoms with van der Waals surface area (Å²) in [5, 5.41) is 10.7. The van der Waals surface area contributed by atoms with Gasteiger partial charge >= 0.3 is 0 Å². The van der Waals surface area contributed by atoms with Gasteiger partial charge in [0.1, 0.15) is 12.4 Å². The first-order valence-corrected chi connectivity index (χ1v) is 10.7. The molecule has 5 rings (SSSR count). The number of benzene rings is 1. The molecule has 0 radical (unpaired) electrons. The van der Waals surface area contributed by atoms with Crippen LogP contribution in [0, 0.1) is 5.92 Å². The van der Waals surface area contributed by atoms with Gasteiger partial charge in [0.25, 0.3) is 5.91 Å². The lowest BCUT2D eigenvalue weighted by Gasteiger charge is -2.37. The summed E-state index contributed by atoms with van der Waals surface area (Å²) >= 11 is 0. The SMILES string of the molecule is CC(C)(O)C(C1CC1)N1Cc2cccc(OCc3ccnc4c3CCC4)c2C1=O. The minimum absolute atomic E-state index is 0.0189.